The number of nitrogens with one attached hydrogen (secondary N) is 3. The predicted molar refractivity (Wildman–Crippen MR) is 372 cm³/mol. The Morgan fingerprint density at radius 1 is 0.564 bits per heavy atom. The van der Waals surface area contributed by atoms with Gasteiger partial charge in [0.05, 0.1) is 42.8 Å². The molecule has 0 radical (unpaired) electrons. The molecule has 0 saturated heterocycles. The maximum absolute atomic E-state index is 12.2. The summed E-state index contributed by atoms with van der Waals surface area (Å²) in [6, 6.07) is 37.3. The number of hydrogen-bond acceptors (Lipinski definition) is 21. The van der Waals surface area contributed by atoms with Crippen LogP contribution in [0.3, 0.4) is 0 Å². The summed E-state index contributed by atoms with van der Waals surface area (Å²) in [6.45, 7) is 1.51. The molecule has 0 fully saturated rings. The van der Waals surface area contributed by atoms with Crippen LogP contribution in [0.15, 0.2) is 199 Å². The van der Waals surface area contributed by atoms with Crippen LogP contribution in [0.4, 0.5) is 38.0 Å². The minimum Gasteiger partial charge on any atom is -0.508 e. The summed E-state index contributed by atoms with van der Waals surface area (Å²) in [6.07, 6.45) is 8.39. The molecule has 2 aromatic heterocycles. The number of fused-ring (bicyclic) bond motifs is 6. The average Bonchev–Trinajstić information content (AvgIpc) is 0.755. The number of terminal acetylenes is 2. The van der Waals surface area contributed by atoms with Gasteiger partial charge in [-0.3, -0.25) is 25.0 Å². The molecule has 11 N–H and O–H groups in total. The van der Waals surface area contributed by atoms with Gasteiger partial charge in [-0.1, -0.05) is 34.2 Å². The van der Waals surface area contributed by atoms with E-state index in [1.165, 1.54) is 97.1 Å². The molecule has 0 bridgehead atoms. The second-order valence-electron chi connectivity index (χ2n) is 21.2. The first-order chi connectivity index (χ1) is 48.5. The summed E-state index contributed by atoms with van der Waals surface area (Å²) < 4.78 is 31.3. The third-order valence-electron chi connectivity index (χ3n) is 14.6. The molecule has 0 spiro atoms. The van der Waals surface area contributed by atoms with Crippen molar-refractivity contribution in [1.82, 2.24) is 5.32 Å². The van der Waals surface area contributed by atoms with E-state index in [1.807, 2.05) is 0 Å². The maximum atomic E-state index is 12.2. The van der Waals surface area contributed by atoms with Crippen LogP contribution in [0.1, 0.15) is 31.8 Å². The lowest BCUT2D eigenvalue weighted by Crippen LogP contribution is -2.28. The van der Waals surface area contributed by atoms with E-state index in [9.17, 15) is 63.6 Å². The van der Waals surface area contributed by atoms with Gasteiger partial charge in [-0.2, -0.15) is 0 Å². The summed E-state index contributed by atoms with van der Waals surface area (Å²) in [5.41, 5.74) is 32.0. The first-order valence-corrected chi connectivity index (χ1v) is 29.3. The van der Waals surface area contributed by atoms with Crippen LogP contribution in [-0.2, 0) is 20.7 Å². The van der Waals surface area contributed by atoms with E-state index in [4.69, 9.17) is 62.5 Å². The molecular weight excluding hydrogens is 1310 g/mol. The average molecular weight is 1360 g/mol. The van der Waals surface area contributed by atoms with Gasteiger partial charge in [0.25, 0.3) is 0 Å². The van der Waals surface area contributed by atoms with Crippen LogP contribution in [0.25, 0.3) is 110 Å². The number of amides is 3. The number of ether oxygens (including phenoxy) is 2. The van der Waals surface area contributed by atoms with E-state index in [0.29, 0.717) is 83.2 Å². The normalized spacial score (nSPS) is 10.4. The quantitative estimate of drug-likeness (QED) is 0.00713. The molecule has 0 saturated carbocycles. The van der Waals surface area contributed by atoms with Gasteiger partial charge < -0.3 is 64.4 Å². The van der Waals surface area contributed by atoms with Crippen LogP contribution < -0.4 is 49.5 Å². The Morgan fingerprint density at radius 2 is 1.07 bits per heavy atom. The minimum absolute atomic E-state index is 0.0386. The number of azide groups is 2. The highest BCUT2D eigenvalue weighted by Gasteiger charge is 2.25. The van der Waals surface area contributed by atoms with Crippen LogP contribution >= 0.6 is 0 Å². The van der Waals surface area contributed by atoms with Gasteiger partial charge in [0.1, 0.15) is 51.0 Å². The van der Waals surface area contributed by atoms with Gasteiger partial charge in [0, 0.05) is 113 Å². The zero-order valence-electron chi connectivity index (χ0n) is 52.4. The number of aromatic hydroxyl groups is 2. The molecule has 2 aliphatic carbocycles. The lowest BCUT2D eigenvalue weighted by atomic mass is 9.90. The maximum Gasteiger partial charge on any atom is 0.412 e. The van der Waals surface area contributed by atoms with Crippen LogP contribution in [0.5, 0.6) is 11.5 Å². The van der Waals surface area contributed by atoms with Crippen molar-refractivity contribution >= 4 is 102 Å². The van der Waals surface area contributed by atoms with E-state index in [1.54, 1.807) is 61.5 Å². The molecule has 3 amide bonds. The van der Waals surface area contributed by atoms with Gasteiger partial charge in [-0.15, -0.1) is 12.8 Å². The molecule has 4 heterocycles. The molecule has 30 heteroatoms. The molecule has 8 aromatic rings. The number of carbonyl (C=O) groups excluding carboxylic acids is 3. The van der Waals surface area contributed by atoms with Crippen molar-refractivity contribution in [1.29, 1.82) is 0 Å². The Kier molecular flexibility index (Phi) is 21.9. The summed E-state index contributed by atoms with van der Waals surface area (Å²) in [5, 5.41) is 55.9. The third kappa shape index (κ3) is 16.9. The van der Waals surface area contributed by atoms with Crippen molar-refractivity contribution < 1.29 is 71.5 Å². The first kappa shape index (κ1) is 70.3. The Morgan fingerprint density at radius 3 is 1.59 bits per heavy atom. The van der Waals surface area contributed by atoms with Crippen molar-refractivity contribution in [2.24, 2.45) is 10.2 Å². The van der Waals surface area contributed by atoms with E-state index >= 15 is 0 Å². The van der Waals surface area contributed by atoms with Crippen molar-refractivity contribution in [3.05, 3.63) is 236 Å². The molecule has 0 unspecified atom stereocenters. The number of phenolic OH excluding ortho intramolecular Hbond substituents is 2. The highest BCUT2D eigenvalue weighted by atomic mass is 16.6. The highest BCUT2D eigenvalue weighted by Crippen LogP contribution is 2.44. The Hall–Kier alpha value is -15.0. The van der Waals surface area contributed by atoms with E-state index in [-0.39, 0.29) is 112 Å². The number of carboxylic acids is 2. The zero-order chi connectivity index (χ0) is 72.6. The zero-order valence-corrected chi connectivity index (χ0v) is 52.4. The fourth-order valence-electron chi connectivity index (χ4n) is 10.2. The molecule has 504 valence electrons. The second-order valence-corrected chi connectivity index (χ2v) is 21.2. The number of hydrogen-bond donors (Lipinski definition) is 9. The molecule has 101 heavy (non-hydrogen) atoms. The molecule has 2 aliphatic heterocycles. The van der Waals surface area contributed by atoms with Crippen molar-refractivity contribution in [2.75, 3.05) is 48.4 Å². The molecule has 0 atom stereocenters. The Bertz CT molecular complexity index is 5700. The molecule has 12 rings (SSSR count). The summed E-state index contributed by atoms with van der Waals surface area (Å²) in [4.78, 5) is 112. The molecule has 4 aliphatic rings. The largest absolute Gasteiger partial charge is 0.508 e. The number of benzene rings is 8. The number of aryl methyl sites for hydroxylation is 1. The Labute approximate surface area is 566 Å². The number of aromatic carboxylic acids is 2. The highest BCUT2D eigenvalue weighted by molar-refractivity contribution is 6.10. The first-order valence-electron chi connectivity index (χ1n) is 29.3. The lowest BCUT2D eigenvalue weighted by molar-refractivity contribution is -0.120. The van der Waals surface area contributed by atoms with Crippen molar-refractivity contribution in [3.63, 3.8) is 0 Å². The Balaban J connectivity index is 0.000000164. The van der Waals surface area contributed by atoms with E-state index in [2.05, 4.69) is 47.8 Å². The van der Waals surface area contributed by atoms with Crippen LogP contribution in [0, 0.1) is 31.6 Å². The monoisotopic (exact) mass is 1360 g/mol. The summed E-state index contributed by atoms with van der Waals surface area (Å²) in [5.74, 6) is 2.02. The number of rotatable bonds is 14. The summed E-state index contributed by atoms with van der Waals surface area (Å²) in [7, 11) is 0. The number of nitrogens with zero attached hydrogens (tertiary/aromatic N) is 6. The number of carbonyl (C=O) groups is 5. The number of phenols is 2. The minimum atomic E-state index is -1.25. The smallest absolute Gasteiger partial charge is 0.412 e. The fourth-order valence-corrected chi connectivity index (χ4v) is 10.2. The van der Waals surface area contributed by atoms with Gasteiger partial charge >= 0.3 is 35.4 Å². The van der Waals surface area contributed by atoms with Crippen molar-refractivity contribution in [2.45, 2.75) is 13.3 Å². The molecule has 6 aromatic carbocycles. The van der Waals surface area contributed by atoms with Crippen molar-refractivity contribution in [3.8, 4) is 81.1 Å². The third-order valence-corrected chi connectivity index (χ3v) is 14.6. The van der Waals surface area contributed by atoms with Crippen LogP contribution in [0.2, 0.25) is 0 Å². The molecular formula is C71H51N11O19. The summed E-state index contributed by atoms with van der Waals surface area (Å²) >= 11 is 0. The van der Waals surface area contributed by atoms with Gasteiger partial charge in [0.2, 0.25) is 5.91 Å². The number of nitrogens with two attached hydrogens (primary N) is 2. The molecule has 30 nitrogen and oxygen atoms in total. The number of carboxylic acid groups (broad SMARTS) is 2. The standard InChI is InChI=1S/C24H15NO7.C23H16N4O7.C15H14N2O3.C9H6N4O2/c1-2-9-31-24(30)25-13-3-6-16(19(10-13)23(28)29)22-17-7-4-14(26)11-20(17)32-21-12-15(27)5-8-18(21)22;24-27-25-7-8-33-23(32)26-12-1-4-15(18(9-12)22(30)31)21-16-5-2-13(28)10-19(16)34-20-11-14(29)3-6-17(20)21;1-3-6-17-14(18)8-12-9(2)11-5-4-10(16)7-13(11)20-15(12)19;10-6-2-1-5-3-7(12-13-11)9(14)15-8(5)4-6/h1,3-8,10-12,26H,9H2,(H,25,30)(H,28,29);1-6,9-11,28H,7-8H2,(H,26,32)(H,30,31);1,4-5,7H,6,8,16H2,2H3,(H,17,18);1-4H,10H2. The van der Waals surface area contributed by atoms with Gasteiger partial charge in [-0.05, 0) is 138 Å². The number of nitrogen functional groups attached to an aromatic ring is 2. The SMILES string of the molecule is C#CCNC(=O)Cc1c(C)c2ccc(N)cc2oc1=O.C#CCOC(=O)Nc1ccc(-c2c3ccc(=O)cc-3oc3cc(O)ccc23)c(C(=O)O)c1.[N-]=[N+]=NCCOC(=O)Nc1ccc(-c2c3ccc(=O)cc-3oc3cc(O)ccc23)c(C(=O)O)c1.[N-]=[N+]=Nc1cc2ccc(N)cc2oc1=O. The fraction of sp³-hybridized carbons (Fsp3) is 0.0845. The van der Waals surface area contributed by atoms with Gasteiger partial charge in [0.15, 0.2) is 17.5 Å². The van der Waals surface area contributed by atoms with Crippen LogP contribution in [-0.4, -0.2) is 76.8 Å². The lowest BCUT2D eigenvalue weighted by Gasteiger charge is -2.17. The predicted octanol–water partition coefficient (Wildman–Crippen LogP) is 12.3. The number of anilines is 4. The second kappa shape index (κ2) is 31.5. The topological polar surface area (TPSA) is 491 Å². The van der Waals surface area contributed by atoms with E-state index < -0.39 is 35.4 Å². The van der Waals surface area contributed by atoms with Gasteiger partial charge in [-0.25, -0.2) is 28.8 Å². The van der Waals surface area contributed by atoms with E-state index in [0.717, 1.165) is 5.39 Å².